The third-order valence-electron chi connectivity index (χ3n) is 4.90. The van der Waals surface area contributed by atoms with Crippen LogP contribution in [-0.4, -0.2) is 41.9 Å². The Balaban J connectivity index is 1.61. The number of hydrogen-bond donors (Lipinski definition) is 3. The van der Waals surface area contributed by atoms with Gasteiger partial charge in [0, 0.05) is 12.2 Å². The second-order valence-electron chi connectivity index (χ2n) is 6.72. The molecule has 1 aromatic rings. The predicted octanol–water partition coefficient (Wildman–Crippen LogP) is 1.22. The van der Waals surface area contributed by atoms with Gasteiger partial charge in [-0.1, -0.05) is 18.6 Å². The second kappa shape index (κ2) is 7.77. The molecule has 2 heterocycles. The summed E-state index contributed by atoms with van der Waals surface area (Å²) in [5.41, 5.74) is 7.36. The lowest BCUT2D eigenvalue weighted by Gasteiger charge is -2.23. The van der Waals surface area contributed by atoms with Gasteiger partial charge in [0.1, 0.15) is 0 Å². The van der Waals surface area contributed by atoms with E-state index in [1.807, 2.05) is 24.3 Å². The second-order valence-corrected chi connectivity index (χ2v) is 6.72. The maximum absolute atomic E-state index is 12.3. The fourth-order valence-corrected chi connectivity index (χ4v) is 3.62. The van der Waals surface area contributed by atoms with Crippen LogP contribution >= 0.6 is 0 Å². The average molecular weight is 330 g/mol. The fourth-order valence-electron chi connectivity index (χ4n) is 3.62. The summed E-state index contributed by atoms with van der Waals surface area (Å²) in [6.07, 6.45) is 4.95. The molecular weight excluding hydrogens is 304 g/mol. The molecule has 24 heavy (non-hydrogen) atoms. The highest BCUT2D eigenvalue weighted by molar-refractivity contribution is 5.94. The monoisotopic (exact) mass is 330 g/mol. The molecule has 0 bridgehead atoms. The first-order chi connectivity index (χ1) is 11.6. The van der Waals surface area contributed by atoms with E-state index < -0.39 is 0 Å². The van der Waals surface area contributed by atoms with Gasteiger partial charge in [-0.2, -0.15) is 0 Å². The van der Waals surface area contributed by atoms with Crippen LogP contribution in [-0.2, 0) is 16.1 Å². The van der Waals surface area contributed by atoms with E-state index in [0.29, 0.717) is 6.54 Å². The quantitative estimate of drug-likeness (QED) is 0.757. The number of carbonyl (C=O) groups is 2. The van der Waals surface area contributed by atoms with Gasteiger partial charge < -0.3 is 16.4 Å². The molecule has 4 N–H and O–H groups in total. The molecule has 1 unspecified atom stereocenters. The third-order valence-corrected chi connectivity index (χ3v) is 4.90. The highest BCUT2D eigenvalue weighted by atomic mass is 16.2. The molecule has 0 aliphatic carbocycles. The van der Waals surface area contributed by atoms with Crippen LogP contribution in [0.25, 0.3) is 0 Å². The molecule has 2 aliphatic rings. The van der Waals surface area contributed by atoms with Crippen LogP contribution in [0.2, 0.25) is 0 Å². The summed E-state index contributed by atoms with van der Waals surface area (Å²) in [4.78, 5) is 25.9. The van der Waals surface area contributed by atoms with E-state index in [2.05, 4.69) is 15.5 Å². The molecule has 6 heteroatoms. The first-order valence-electron chi connectivity index (χ1n) is 8.80. The molecule has 0 aromatic heterocycles. The molecule has 2 fully saturated rings. The molecule has 0 spiro atoms. The number of rotatable bonds is 5. The van der Waals surface area contributed by atoms with E-state index in [1.54, 1.807) is 0 Å². The van der Waals surface area contributed by atoms with Crippen molar-refractivity contribution in [3.63, 3.8) is 0 Å². The zero-order chi connectivity index (χ0) is 16.9. The number of nitrogens with zero attached hydrogens (tertiary/aromatic N) is 1. The van der Waals surface area contributed by atoms with Crippen molar-refractivity contribution in [3.8, 4) is 0 Å². The van der Waals surface area contributed by atoms with Crippen molar-refractivity contribution >= 4 is 17.5 Å². The van der Waals surface area contributed by atoms with Gasteiger partial charge in [-0.15, -0.1) is 0 Å². The van der Waals surface area contributed by atoms with Gasteiger partial charge in [0.25, 0.3) is 0 Å². The average Bonchev–Trinajstić information content (AvgIpc) is 3.04. The molecule has 130 valence electrons. The molecule has 0 radical (unpaired) electrons. The number of amides is 2. The van der Waals surface area contributed by atoms with Crippen molar-refractivity contribution in [2.24, 2.45) is 5.73 Å². The number of anilines is 1. The van der Waals surface area contributed by atoms with Crippen LogP contribution in [0.15, 0.2) is 24.3 Å². The Morgan fingerprint density at radius 2 is 2.12 bits per heavy atom. The van der Waals surface area contributed by atoms with Gasteiger partial charge in [0.2, 0.25) is 11.8 Å². The van der Waals surface area contributed by atoms with Crippen molar-refractivity contribution < 1.29 is 9.59 Å². The Labute approximate surface area is 142 Å². The van der Waals surface area contributed by atoms with E-state index in [1.165, 1.54) is 0 Å². The smallest absolute Gasteiger partial charge is 0.241 e. The van der Waals surface area contributed by atoms with E-state index in [0.717, 1.165) is 56.4 Å². The third kappa shape index (κ3) is 4.13. The van der Waals surface area contributed by atoms with Gasteiger partial charge in [-0.05, 0) is 56.5 Å². The lowest BCUT2D eigenvalue weighted by molar-refractivity contribution is -0.122. The summed E-state index contributed by atoms with van der Waals surface area (Å²) in [7, 11) is 0. The SMILES string of the molecule is NC(=O)C1CCCN1Cc1cccc(NC(=O)[C@H]2CCCCN2)c1. The van der Waals surface area contributed by atoms with Gasteiger partial charge >= 0.3 is 0 Å². The van der Waals surface area contributed by atoms with Crippen molar-refractivity contribution in [1.82, 2.24) is 10.2 Å². The van der Waals surface area contributed by atoms with Crippen LogP contribution in [0.3, 0.4) is 0 Å². The Kier molecular flexibility index (Phi) is 5.48. The van der Waals surface area contributed by atoms with E-state index in [-0.39, 0.29) is 23.9 Å². The number of piperidine rings is 1. The summed E-state index contributed by atoms with van der Waals surface area (Å²) < 4.78 is 0. The minimum atomic E-state index is -0.250. The number of benzene rings is 1. The zero-order valence-corrected chi connectivity index (χ0v) is 14.0. The number of carbonyl (C=O) groups excluding carboxylic acids is 2. The number of likely N-dealkylation sites (tertiary alicyclic amines) is 1. The normalized spacial score (nSPS) is 24.7. The lowest BCUT2D eigenvalue weighted by Crippen LogP contribution is -2.43. The predicted molar refractivity (Wildman–Crippen MR) is 93.3 cm³/mol. The largest absolute Gasteiger partial charge is 0.368 e. The molecule has 2 atom stereocenters. The molecule has 6 nitrogen and oxygen atoms in total. The van der Waals surface area contributed by atoms with Crippen LogP contribution in [0.5, 0.6) is 0 Å². The Morgan fingerprint density at radius 1 is 1.25 bits per heavy atom. The molecule has 1 aromatic carbocycles. The Hall–Kier alpha value is -1.92. The molecule has 2 saturated heterocycles. The van der Waals surface area contributed by atoms with Gasteiger partial charge in [0.05, 0.1) is 12.1 Å². The summed E-state index contributed by atoms with van der Waals surface area (Å²) in [6, 6.07) is 7.58. The van der Waals surface area contributed by atoms with Crippen molar-refractivity contribution in [2.75, 3.05) is 18.4 Å². The Morgan fingerprint density at radius 3 is 2.88 bits per heavy atom. The molecule has 0 saturated carbocycles. The van der Waals surface area contributed by atoms with E-state index in [9.17, 15) is 9.59 Å². The van der Waals surface area contributed by atoms with Crippen LogP contribution in [0.4, 0.5) is 5.69 Å². The number of nitrogens with one attached hydrogen (secondary N) is 2. The van der Waals surface area contributed by atoms with Crippen molar-refractivity contribution in [3.05, 3.63) is 29.8 Å². The molecular formula is C18H26N4O2. The van der Waals surface area contributed by atoms with Crippen molar-refractivity contribution in [2.45, 2.75) is 50.7 Å². The van der Waals surface area contributed by atoms with Crippen LogP contribution in [0.1, 0.15) is 37.7 Å². The topological polar surface area (TPSA) is 87.5 Å². The molecule has 2 aliphatic heterocycles. The molecule has 3 rings (SSSR count). The standard InChI is InChI=1S/C18H26N4O2/c19-17(23)16-8-4-10-22(16)12-13-5-3-6-14(11-13)21-18(24)15-7-1-2-9-20-15/h3,5-6,11,15-16,20H,1-2,4,7-10,12H2,(H2,19,23)(H,21,24)/t15-,16?/m1/s1. The van der Waals surface area contributed by atoms with Gasteiger partial charge in [0.15, 0.2) is 0 Å². The van der Waals surface area contributed by atoms with Crippen molar-refractivity contribution in [1.29, 1.82) is 0 Å². The minimum Gasteiger partial charge on any atom is -0.368 e. The first kappa shape index (κ1) is 16.9. The summed E-state index contributed by atoms with van der Waals surface area (Å²) >= 11 is 0. The van der Waals surface area contributed by atoms with Crippen LogP contribution in [0, 0.1) is 0 Å². The van der Waals surface area contributed by atoms with Crippen LogP contribution < -0.4 is 16.4 Å². The van der Waals surface area contributed by atoms with E-state index >= 15 is 0 Å². The highest BCUT2D eigenvalue weighted by Gasteiger charge is 2.28. The maximum Gasteiger partial charge on any atom is 0.241 e. The fraction of sp³-hybridized carbons (Fsp3) is 0.556. The lowest BCUT2D eigenvalue weighted by atomic mass is 10.0. The number of hydrogen-bond acceptors (Lipinski definition) is 4. The van der Waals surface area contributed by atoms with Gasteiger partial charge in [-0.25, -0.2) is 0 Å². The number of primary amides is 1. The first-order valence-corrected chi connectivity index (χ1v) is 8.80. The highest BCUT2D eigenvalue weighted by Crippen LogP contribution is 2.21. The van der Waals surface area contributed by atoms with Gasteiger partial charge in [-0.3, -0.25) is 14.5 Å². The molecule has 2 amide bonds. The summed E-state index contributed by atoms with van der Waals surface area (Å²) in [5.74, 6) is -0.219. The maximum atomic E-state index is 12.3. The Bertz CT molecular complexity index is 598. The summed E-state index contributed by atoms with van der Waals surface area (Å²) in [6.45, 7) is 2.47. The van der Waals surface area contributed by atoms with E-state index in [4.69, 9.17) is 5.73 Å². The summed E-state index contributed by atoms with van der Waals surface area (Å²) in [5, 5.41) is 6.26. The zero-order valence-electron chi connectivity index (χ0n) is 14.0. The number of nitrogens with two attached hydrogens (primary N) is 1. The minimum absolute atomic E-state index is 0.0306.